The first-order chi connectivity index (χ1) is 8.33. The van der Waals surface area contributed by atoms with Crippen molar-refractivity contribution < 1.29 is 4.79 Å². The maximum Gasteiger partial charge on any atom is 0.220 e. The molecule has 0 unspecified atom stereocenters. The molecule has 0 aromatic rings. The summed E-state index contributed by atoms with van der Waals surface area (Å²) in [6, 6.07) is 0. The summed E-state index contributed by atoms with van der Waals surface area (Å²) < 4.78 is 0. The number of carbonyl (C=O) groups is 1. The number of nitrogens with zero attached hydrogens (tertiary/aromatic N) is 1. The smallest absolute Gasteiger partial charge is 0.220 e. The Morgan fingerprint density at radius 3 is 2.71 bits per heavy atom. The number of nitrogens with one attached hydrogen (secondary N) is 2. The van der Waals surface area contributed by atoms with Crippen LogP contribution in [0.25, 0.3) is 0 Å². The Labute approximate surface area is 105 Å². The Morgan fingerprint density at radius 1 is 1.24 bits per heavy atom. The van der Waals surface area contributed by atoms with Gasteiger partial charge in [0.05, 0.1) is 0 Å². The van der Waals surface area contributed by atoms with Gasteiger partial charge in [-0.15, -0.1) is 0 Å². The lowest BCUT2D eigenvalue weighted by atomic mass is 10.2. The Bertz CT molecular complexity index is 203. The van der Waals surface area contributed by atoms with Crippen molar-refractivity contribution in [2.75, 3.05) is 39.3 Å². The molecular weight excluding hydrogens is 214 g/mol. The van der Waals surface area contributed by atoms with Crippen LogP contribution in [-0.4, -0.2) is 50.1 Å². The molecule has 2 N–H and O–H groups in total. The molecular formula is C13H27N3O. The summed E-state index contributed by atoms with van der Waals surface area (Å²) in [5.41, 5.74) is 0. The van der Waals surface area contributed by atoms with Gasteiger partial charge in [0.1, 0.15) is 0 Å². The topological polar surface area (TPSA) is 44.4 Å². The van der Waals surface area contributed by atoms with E-state index in [0.29, 0.717) is 6.42 Å². The van der Waals surface area contributed by atoms with Crippen molar-refractivity contribution in [3.05, 3.63) is 0 Å². The summed E-state index contributed by atoms with van der Waals surface area (Å²) in [7, 11) is 0. The lowest BCUT2D eigenvalue weighted by molar-refractivity contribution is -0.121. The lowest BCUT2D eigenvalue weighted by Crippen LogP contribution is -2.43. The van der Waals surface area contributed by atoms with Crippen LogP contribution in [0.5, 0.6) is 0 Å². The molecule has 1 aliphatic heterocycles. The van der Waals surface area contributed by atoms with Gasteiger partial charge in [-0.25, -0.2) is 0 Å². The molecule has 1 aliphatic rings. The zero-order chi connectivity index (χ0) is 12.3. The molecule has 17 heavy (non-hydrogen) atoms. The van der Waals surface area contributed by atoms with Crippen molar-refractivity contribution in [1.29, 1.82) is 0 Å². The van der Waals surface area contributed by atoms with Gasteiger partial charge in [0.25, 0.3) is 0 Å². The Balaban J connectivity index is 1.92. The summed E-state index contributed by atoms with van der Waals surface area (Å²) >= 11 is 0. The van der Waals surface area contributed by atoms with Crippen molar-refractivity contribution in [1.82, 2.24) is 15.5 Å². The predicted octanol–water partition coefficient (Wildman–Crippen LogP) is 0.978. The van der Waals surface area contributed by atoms with Gasteiger partial charge in [0.2, 0.25) is 5.91 Å². The minimum absolute atomic E-state index is 0.219. The molecule has 100 valence electrons. The highest BCUT2D eigenvalue weighted by Crippen LogP contribution is 1.98. The molecule has 1 saturated heterocycles. The van der Waals surface area contributed by atoms with Crippen LogP contribution < -0.4 is 10.6 Å². The number of rotatable bonds is 8. The van der Waals surface area contributed by atoms with Crippen LogP contribution in [0.15, 0.2) is 0 Å². The van der Waals surface area contributed by atoms with E-state index in [0.717, 1.165) is 52.1 Å². The Morgan fingerprint density at radius 2 is 2.00 bits per heavy atom. The van der Waals surface area contributed by atoms with E-state index < -0.39 is 0 Å². The number of hydrogen-bond acceptors (Lipinski definition) is 3. The number of amides is 1. The largest absolute Gasteiger partial charge is 0.356 e. The molecule has 4 heteroatoms. The summed E-state index contributed by atoms with van der Waals surface area (Å²) in [5, 5.41) is 6.32. The van der Waals surface area contributed by atoms with E-state index in [1.807, 2.05) is 0 Å². The van der Waals surface area contributed by atoms with Crippen LogP contribution in [0.1, 0.15) is 39.0 Å². The highest BCUT2D eigenvalue weighted by atomic mass is 16.1. The van der Waals surface area contributed by atoms with E-state index in [4.69, 9.17) is 0 Å². The quantitative estimate of drug-likeness (QED) is 0.623. The van der Waals surface area contributed by atoms with E-state index in [-0.39, 0.29) is 5.91 Å². The summed E-state index contributed by atoms with van der Waals surface area (Å²) in [6.07, 6.45) is 5.19. The van der Waals surface area contributed by atoms with Gasteiger partial charge in [-0.2, -0.15) is 0 Å². The first kappa shape index (κ1) is 14.5. The van der Waals surface area contributed by atoms with Crippen molar-refractivity contribution in [3.63, 3.8) is 0 Å². The molecule has 1 fully saturated rings. The molecule has 0 spiro atoms. The minimum Gasteiger partial charge on any atom is -0.356 e. The summed E-state index contributed by atoms with van der Waals surface area (Å²) in [5.74, 6) is 0.219. The van der Waals surface area contributed by atoms with Crippen LogP contribution in [-0.2, 0) is 4.79 Å². The van der Waals surface area contributed by atoms with Gasteiger partial charge in [-0.3, -0.25) is 4.79 Å². The minimum atomic E-state index is 0.219. The molecule has 1 heterocycles. The fourth-order valence-electron chi connectivity index (χ4n) is 2.09. The number of carbonyl (C=O) groups excluding carboxylic acids is 1. The average Bonchev–Trinajstić information content (AvgIpc) is 2.36. The van der Waals surface area contributed by atoms with E-state index in [2.05, 4.69) is 22.5 Å². The fourth-order valence-corrected chi connectivity index (χ4v) is 2.09. The fraction of sp³-hybridized carbons (Fsp3) is 0.923. The first-order valence-electron chi connectivity index (χ1n) is 7.02. The van der Waals surface area contributed by atoms with Gasteiger partial charge >= 0.3 is 0 Å². The number of unbranched alkanes of at least 4 members (excludes halogenated alkanes) is 2. The highest BCUT2D eigenvalue weighted by Gasteiger charge is 2.09. The second-order valence-electron chi connectivity index (χ2n) is 4.75. The van der Waals surface area contributed by atoms with Crippen LogP contribution in [0.2, 0.25) is 0 Å². The van der Waals surface area contributed by atoms with Crippen molar-refractivity contribution in [3.8, 4) is 0 Å². The normalized spacial score (nSPS) is 17.0. The molecule has 0 saturated carbocycles. The van der Waals surface area contributed by atoms with Crippen LogP contribution in [0, 0.1) is 0 Å². The van der Waals surface area contributed by atoms with Gasteiger partial charge in [0.15, 0.2) is 0 Å². The summed E-state index contributed by atoms with van der Waals surface area (Å²) in [4.78, 5) is 13.9. The van der Waals surface area contributed by atoms with E-state index >= 15 is 0 Å². The summed E-state index contributed by atoms with van der Waals surface area (Å²) in [6.45, 7) is 8.50. The molecule has 4 nitrogen and oxygen atoms in total. The molecule has 1 amide bonds. The third-order valence-corrected chi connectivity index (χ3v) is 3.19. The standard InChI is InChI=1S/C13H27N3O/c1-2-3-4-7-15-13(17)6-5-10-16-11-8-14-9-12-16/h14H,2-12H2,1H3,(H,15,17). The van der Waals surface area contributed by atoms with Crippen molar-refractivity contribution in [2.24, 2.45) is 0 Å². The highest BCUT2D eigenvalue weighted by molar-refractivity contribution is 5.75. The van der Waals surface area contributed by atoms with Gasteiger partial charge in [-0.1, -0.05) is 19.8 Å². The Hall–Kier alpha value is -0.610. The van der Waals surface area contributed by atoms with Gasteiger partial charge in [0, 0.05) is 39.1 Å². The van der Waals surface area contributed by atoms with Crippen molar-refractivity contribution in [2.45, 2.75) is 39.0 Å². The molecule has 1 rings (SSSR count). The molecule has 0 radical (unpaired) electrons. The second kappa shape index (κ2) is 9.42. The second-order valence-corrected chi connectivity index (χ2v) is 4.75. The zero-order valence-corrected chi connectivity index (χ0v) is 11.1. The molecule has 0 bridgehead atoms. The van der Waals surface area contributed by atoms with Crippen LogP contribution >= 0.6 is 0 Å². The van der Waals surface area contributed by atoms with Crippen LogP contribution in [0.4, 0.5) is 0 Å². The van der Waals surface area contributed by atoms with E-state index in [1.165, 1.54) is 12.8 Å². The van der Waals surface area contributed by atoms with Gasteiger partial charge in [-0.05, 0) is 19.4 Å². The van der Waals surface area contributed by atoms with Crippen molar-refractivity contribution >= 4 is 5.91 Å². The van der Waals surface area contributed by atoms with E-state index in [1.54, 1.807) is 0 Å². The molecule has 0 aromatic carbocycles. The van der Waals surface area contributed by atoms with Crippen LogP contribution in [0.3, 0.4) is 0 Å². The maximum absolute atomic E-state index is 11.5. The molecule has 0 aliphatic carbocycles. The average molecular weight is 241 g/mol. The zero-order valence-electron chi connectivity index (χ0n) is 11.1. The Kier molecular flexibility index (Phi) is 8.01. The predicted molar refractivity (Wildman–Crippen MR) is 71.1 cm³/mol. The monoisotopic (exact) mass is 241 g/mol. The molecule has 0 aromatic heterocycles. The maximum atomic E-state index is 11.5. The van der Waals surface area contributed by atoms with E-state index in [9.17, 15) is 4.79 Å². The SMILES string of the molecule is CCCCCNC(=O)CCCN1CCNCC1. The number of piperazine rings is 1. The molecule has 0 atom stereocenters. The first-order valence-corrected chi connectivity index (χ1v) is 7.02. The lowest BCUT2D eigenvalue weighted by Gasteiger charge is -2.26. The number of hydrogen-bond donors (Lipinski definition) is 2. The van der Waals surface area contributed by atoms with Gasteiger partial charge < -0.3 is 15.5 Å². The third kappa shape index (κ3) is 7.34. The third-order valence-electron chi connectivity index (χ3n) is 3.19.